The summed E-state index contributed by atoms with van der Waals surface area (Å²) in [5.74, 6) is -0.282. The monoisotopic (exact) mass is 502 g/mol. The highest BCUT2D eigenvalue weighted by atomic mass is 32.1. The first-order chi connectivity index (χ1) is 17.4. The van der Waals surface area contributed by atoms with Crippen molar-refractivity contribution >= 4 is 50.4 Å². The number of fused-ring (bicyclic) bond motifs is 1. The predicted octanol–water partition coefficient (Wildman–Crippen LogP) is 4.48. The van der Waals surface area contributed by atoms with E-state index in [1.807, 2.05) is 60.8 Å². The fourth-order valence-electron chi connectivity index (χ4n) is 4.05. The van der Waals surface area contributed by atoms with Crippen LogP contribution in [0.3, 0.4) is 0 Å². The number of nitrogens with zero attached hydrogens (tertiary/aromatic N) is 1. The number of anilines is 3. The zero-order chi connectivity index (χ0) is 25.1. The van der Waals surface area contributed by atoms with E-state index in [1.54, 1.807) is 6.07 Å². The van der Waals surface area contributed by atoms with Crippen LogP contribution in [0.25, 0.3) is 10.1 Å². The largest absolute Gasteiger partial charge is 0.386 e. The number of para-hydroxylation sites is 1. The summed E-state index contributed by atoms with van der Waals surface area (Å²) >= 11 is 1.50. The molecule has 184 valence electrons. The Bertz CT molecular complexity index is 1430. The molecule has 2 aromatic carbocycles. The molecule has 0 spiro atoms. The number of rotatable bonds is 7. The van der Waals surface area contributed by atoms with Gasteiger partial charge in [-0.15, -0.1) is 11.3 Å². The van der Waals surface area contributed by atoms with Gasteiger partial charge in [0.15, 0.2) is 5.82 Å². The quantitative estimate of drug-likeness (QED) is 0.296. The molecule has 1 saturated heterocycles. The smallest absolute Gasteiger partial charge is 0.257 e. The van der Waals surface area contributed by atoms with E-state index in [4.69, 9.17) is 4.74 Å². The first-order valence-electron chi connectivity index (χ1n) is 11.6. The molecule has 2 aromatic heterocycles. The number of nitrogens with one attached hydrogen (secondary N) is 3. The normalized spacial score (nSPS) is 17.2. The fraction of sp³-hybridized carbons (Fsp3) is 0.222. The van der Waals surface area contributed by atoms with Crippen molar-refractivity contribution in [1.82, 2.24) is 10.3 Å². The molecule has 1 aliphatic heterocycles. The molecule has 0 saturated carbocycles. The Hall–Kier alpha value is -3.79. The number of amides is 2. The van der Waals surface area contributed by atoms with Gasteiger partial charge < -0.3 is 25.8 Å². The molecular weight excluding hydrogens is 476 g/mol. The molecule has 1 atom stereocenters. The lowest BCUT2D eigenvalue weighted by atomic mass is 10.0. The molecule has 36 heavy (non-hydrogen) atoms. The van der Waals surface area contributed by atoms with Gasteiger partial charge in [0.25, 0.3) is 11.8 Å². The first-order valence-corrected chi connectivity index (χ1v) is 12.5. The minimum absolute atomic E-state index is 0.0671. The van der Waals surface area contributed by atoms with E-state index >= 15 is 0 Å². The average Bonchev–Trinajstić information content (AvgIpc) is 3.52. The topological polar surface area (TPSA) is 113 Å². The molecule has 8 nitrogen and oxygen atoms in total. The molecule has 3 heterocycles. The number of hydrogen-bond acceptors (Lipinski definition) is 7. The van der Waals surface area contributed by atoms with Crippen LogP contribution < -0.4 is 16.0 Å². The summed E-state index contributed by atoms with van der Waals surface area (Å²) in [6.07, 6.45) is 1.90. The van der Waals surface area contributed by atoms with Crippen molar-refractivity contribution in [1.29, 1.82) is 0 Å². The van der Waals surface area contributed by atoms with Crippen LogP contribution in [0.4, 0.5) is 17.2 Å². The summed E-state index contributed by atoms with van der Waals surface area (Å²) in [6, 6.07) is 17.0. The van der Waals surface area contributed by atoms with Crippen molar-refractivity contribution in [3.05, 3.63) is 82.9 Å². The second kappa shape index (κ2) is 10.1. The third-order valence-corrected chi connectivity index (χ3v) is 7.15. The summed E-state index contributed by atoms with van der Waals surface area (Å²) in [7, 11) is 0. The fourth-order valence-corrected chi connectivity index (χ4v) is 4.99. The highest BCUT2D eigenvalue weighted by Gasteiger charge is 2.32. The Morgan fingerprint density at radius 3 is 2.72 bits per heavy atom. The molecule has 0 aliphatic carbocycles. The van der Waals surface area contributed by atoms with Crippen LogP contribution in [0.5, 0.6) is 0 Å². The van der Waals surface area contributed by atoms with Crippen molar-refractivity contribution in [3.63, 3.8) is 0 Å². The first kappa shape index (κ1) is 23.9. The zero-order valence-corrected chi connectivity index (χ0v) is 20.5. The van der Waals surface area contributed by atoms with Crippen LogP contribution in [0, 0.1) is 6.92 Å². The van der Waals surface area contributed by atoms with E-state index in [0.717, 1.165) is 21.3 Å². The lowest BCUT2D eigenvalue weighted by Gasteiger charge is -2.21. The average molecular weight is 503 g/mol. The zero-order valence-electron chi connectivity index (χ0n) is 19.7. The van der Waals surface area contributed by atoms with Crippen LogP contribution in [0.1, 0.15) is 32.7 Å². The minimum atomic E-state index is -1.08. The molecular formula is C27H26N4O4S. The van der Waals surface area contributed by atoms with Gasteiger partial charge in [0.2, 0.25) is 0 Å². The highest BCUT2D eigenvalue weighted by molar-refractivity contribution is 7.17. The van der Waals surface area contributed by atoms with Crippen LogP contribution in [0.2, 0.25) is 0 Å². The van der Waals surface area contributed by atoms with Gasteiger partial charge in [0.1, 0.15) is 5.60 Å². The van der Waals surface area contributed by atoms with Crippen molar-refractivity contribution < 1.29 is 19.4 Å². The van der Waals surface area contributed by atoms with Gasteiger partial charge in [0, 0.05) is 46.9 Å². The number of thiophene rings is 1. The van der Waals surface area contributed by atoms with Crippen molar-refractivity contribution in [2.45, 2.75) is 18.9 Å². The Labute approximate surface area is 212 Å². The van der Waals surface area contributed by atoms with Crippen molar-refractivity contribution in [2.24, 2.45) is 0 Å². The van der Waals surface area contributed by atoms with E-state index < -0.39 is 11.5 Å². The van der Waals surface area contributed by atoms with Crippen molar-refractivity contribution in [3.8, 4) is 0 Å². The number of benzene rings is 2. The molecule has 1 unspecified atom stereocenters. The Balaban J connectivity index is 1.43. The number of ether oxygens (including phenoxy) is 1. The summed E-state index contributed by atoms with van der Waals surface area (Å²) in [5, 5.41) is 22.1. The molecule has 4 N–H and O–H groups in total. The summed E-state index contributed by atoms with van der Waals surface area (Å²) in [5.41, 5.74) is 1.95. The van der Waals surface area contributed by atoms with Gasteiger partial charge in [0.05, 0.1) is 23.4 Å². The summed E-state index contributed by atoms with van der Waals surface area (Å²) in [6.45, 7) is 2.68. The predicted molar refractivity (Wildman–Crippen MR) is 141 cm³/mol. The van der Waals surface area contributed by atoms with Crippen molar-refractivity contribution in [2.75, 3.05) is 30.4 Å². The van der Waals surface area contributed by atoms with Gasteiger partial charge in [-0.05, 0) is 30.7 Å². The number of pyridine rings is 1. The lowest BCUT2D eigenvalue weighted by Crippen LogP contribution is -2.43. The van der Waals surface area contributed by atoms with Crippen LogP contribution >= 0.6 is 11.3 Å². The number of aryl methyl sites for hydroxylation is 1. The molecule has 1 fully saturated rings. The van der Waals surface area contributed by atoms with Crippen LogP contribution in [-0.4, -0.2) is 47.3 Å². The van der Waals surface area contributed by atoms with E-state index in [9.17, 15) is 14.7 Å². The van der Waals surface area contributed by atoms with E-state index in [-0.39, 0.29) is 24.6 Å². The number of carbonyl (C=O) groups is 2. The van der Waals surface area contributed by atoms with Crippen LogP contribution in [-0.2, 0) is 4.74 Å². The standard InChI is InChI=1S/C27H26N4O4S/c1-17-6-2-4-8-21(17)30-24-22(31-26(33)20-14-36-23-9-5-3-7-19(20)23)12-18(13-28-24)25(32)29-15-27(34)10-11-35-16-27/h2-9,12-14,34H,10-11,15-16H2,1H3,(H,28,30)(H,29,32)(H,31,33). The van der Waals surface area contributed by atoms with Gasteiger partial charge in [-0.3, -0.25) is 9.59 Å². The Morgan fingerprint density at radius 2 is 1.92 bits per heavy atom. The molecule has 5 rings (SSSR count). The lowest BCUT2D eigenvalue weighted by molar-refractivity contribution is 0.0264. The molecule has 1 aliphatic rings. The van der Waals surface area contributed by atoms with Gasteiger partial charge in [-0.2, -0.15) is 0 Å². The second-order valence-corrected chi connectivity index (χ2v) is 9.78. The van der Waals surface area contributed by atoms with E-state index in [0.29, 0.717) is 30.1 Å². The maximum atomic E-state index is 13.3. The summed E-state index contributed by atoms with van der Waals surface area (Å²) in [4.78, 5) is 30.6. The summed E-state index contributed by atoms with van der Waals surface area (Å²) < 4.78 is 6.26. The molecule has 0 bridgehead atoms. The molecule has 0 radical (unpaired) electrons. The maximum absolute atomic E-state index is 13.3. The number of hydrogen-bond donors (Lipinski definition) is 4. The Morgan fingerprint density at radius 1 is 1.11 bits per heavy atom. The van der Waals surface area contributed by atoms with Gasteiger partial charge >= 0.3 is 0 Å². The van der Waals surface area contributed by atoms with Gasteiger partial charge in [-0.25, -0.2) is 4.98 Å². The van der Waals surface area contributed by atoms with Crippen LogP contribution in [0.15, 0.2) is 66.2 Å². The maximum Gasteiger partial charge on any atom is 0.257 e. The second-order valence-electron chi connectivity index (χ2n) is 8.87. The molecule has 9 heteroatoms. The minimum Gasteiger partial charge on any atom is -0.386 e. The van der Waals surface area contributed by atoms with E-state index in [2.05, 4.69) is 20.9 Å². The molecule has 4 aromatic rings. The molecule has 2 amide bonds. The highest BCUT2D eigenvalue weighted by Crippen LogP contribution is 2.30. The number of aromatic nitrogens is 1. The number of carbonyl (C=O) groups excluding carboxylic acids is 2. The third kappa shape index (κ3) is 5.08. The van der Waals surface area contributed by atoms with Gasteiger partial charge in [-0.1, -0.05) is 36.4 Å². The Kier molecular flexibility index (Phi) is 6.69. The van der Waals surface area contributed by atoms with E-state index in [1.165, 1.54) is 17.5 Å². The SMILES string of the molecule is Cc1ccccc1Nc1ncc(C(=O)NCC2(O)CCOC2)cc1NC(=O)c1csc2ccccc12. The third-order valence-electron chi connectivity index (χ3n) is 6.18. The number of aliphatic hydroxyl groups is 1.